The molecule has 0 spiro atoms. The van der Waals surface area contributed by atoms with Gasteiger partial charge >= 0.3 is 0 Å². The number of rotatable bonds is 8. The third kappa shape index (κ3) is 5.64. The molecule has 2 N–H and O–H groups in total. The van der Waals surface area contributed by atoms with Gasteiger partial charge in [0.1, 0.15) is 24.7 Å². The van der Waals surface area contributed by atoms with Gasteiger partial charge in [-0.25, -0.2) is 8.42 Å². The zero-order chi connectivity index (χ0) is 24.1. The van der Waals surface area contributed by atoms with Crippen LogP contribution in [0.5, 0.6) is 23.0 Å². The Morgan fingerprint density at radius 3 is 2.38 bits per heavy atom. The molecule has 1 aliphatic heterocycles. The van der Waals surface area contributed by atoms with E-state index in [1.165, 1.54) is 25.3 Å². The van der Waals surface area contributed by atoms with Crippen LogP contribution >= 0.6 is 11.6 Å². The minimum atomic E-state index is -3.88. The number of anilines is 2. The van der Waals surface area contributed by atoms with Crippen molar-refractivity contribution in [2.75, 3.05) is 37.0 Å². The lowest BCUT2D eigenvalue weighted by Crippen LogP contribution is -2.21. The Kier molecular flexibility index (Phi) is 6.99. The van der Waals surface area contributed by atoms with Gasteiger partial charge < -0.3 is 24.3 Å². The predicted molar refractivity (Wildman–Crippen MR) is 127 cm³/mol. The highest BCUT2D eigenvalue weighted by Crippen LogP contribution is 2.33. The number of ether oxygens (including phenoxy) is 4. The van der Waals surface area contributed by atoms with Crippen LogP contribution in [0, 0.1) is 0 Å². The van der Waals surface area contributed by atoms with Crippen molar-refractivity contribution in [2.45, 2.75) is 4.90 Å². The summed E-state index contributed by atoms with van der Waals surface area (Å²) in [6, 6.07) is 15.5. The summed E-state index contributed by atoms with van der Waals surface area (Å²) in [7, 11) is -2.36. The fourth-order valence-corrected chi connectivity index (χ4v) is 4.48. The number of carbonyl (C=O) groups is 1. The van der Waals surface area contributed by atoms with E-state index in [1.54, 1.807) is 42.5 Å². The van der Waals surface area contributed by atoms with E-state index in [0.717, 1.165) is 0 Å². The molecule has 1 heterocycles. The van der Waals surface area contributed by atoms with Gasteiger partial charge in [-0.15, -0.1) is 0 Å². The summed E-state index contributed by atoms with van der Waals surface area (Å²) in [6.07, 6.45) is 0. The van der Waals surface area contributed by atoms with E-state index in [0.29, 0.717) is 41.8 Å². The number of nitrogens with one attached hydrogen (secondary N) is 2. The van der Waals surface area contributed by atoms with E-state index in [2.05, 4.69) is 10.0 Å². The summed E-state index contributed by atoms with van der Waals surface area (Å²) >= 11 is 6.21. The van der Waals surface area contributed by atoms with Crippen LogP contribution in [0.3, 0.4) is 0 Å². The van der Waals surface area contributed by atoms with Crippen LogP contribution in [0.25, 0.3) is 0 Å². The Hall–Kier alpha value is -3.63. The van der Waals surface area contributed by atoms with Crippen LogP contribution in [0.2, 0.25) is 5.02 Å². The number of hydrogen-bond acceptors (Lipinski definition) is 7. The molecule has 3 aromatic rings. The summed E-state index contributed by atoms with van der Waals surface area (Å²) in [5.41, 5.74) is 0.892. The molecular formula is C23H21ClN2O7S. The van der Waals surface area contributed by atoms with Gasteiger partial charge in [-0.1, -0.05) is 11.6 Å². The van der Waals surface area contributed by atoms with E-state index in [9.17, 15) is 13.2 Å². The highest BCUT2D eigenvalue weighted by molar-refractivity contribution is 7.92. The highest BCUT2D eigenvalue weighted by Gasteiger charge is 2.18. The predicted octanol–water partition coefficient (Wildman–Crippen LogP) is 3.94. The molecule has 0 bridgehead atoms. The standard InChI is InChI=1S/C23H21ClN2O7S/c1-30-17-5-2-15(3-6-17)26-34(28,29)18-7-9-20(19(24)13-18)33-14-23(27)25-16-4-8-21-22(12-16)32-11-10-31-21/h2-9,12-13,26H,10-11,14H2,1H3,(H,25,27). The van der Waals surface area contributed by atoms with Crippen LogP contribution in [0.1, 0.15) is 0 Å². The van der Waals surface area contributed by atoms with Gasteiger partial charge in [0.15, 0.2) is 18.1 Å². The average Bonchev–Trinajstić information content (AvgIpc) is 2.83. The molecule has 0 aromatic heterocycles. The largest absolute Gasteiger partial charge is 0.497 e. The summed E-state index contributed by atoms with van der Waals surface area (Å²) in [5.74, 6) is 1.51. The Morgan fingerprint density at radius 1 is 0.971 bits per heavy atom. The first kappa shape index (κ1) is 23.5. The van der Waals surface area contributed by atoms with Crippen molar-refractivity contribution in [2.24, 2.45) is 0 Å². The maximum atomic E-state index is 12.7. The van der Waals surface area contributed by atoms with Crippen LogP contribution < -0.4 is 29.0 Å². The molecule has 4 rings (SSSR count). The normalized spacial score (nSPS) is 12.5. The van der Waals surface area contributed by atoms with Crippen LogP contribution in [0.4, 0.5) is 11.4 Å². The fraction of sp³-hybridized carbons (Fsp3) is 0.174. The molecule has 178 valence electrons. The molecule has 11 heteroatoms. The molecule has 0 radical (unpaired) electrons. The van der Waals surface area contributed by atoms with E-state index in [4.69, 9.17) is 30.5 Å². The zero-order valence-electron chi connectivity index (χ0n) is 18.0. The summed E-state index contributed by atoms with van der Waals surface area (Å²) < 4.78 is 49.3. The van der Waals surface area contributed by atoms with E-state index < -0.39 is 15.9 Å². The first-order chi connectivity index (χ1) is 16.3. The molecule has 0 atom stereocenters. The molecule has 1 amide bonds. The van der Waals surface area contributed by atoms with Crippen molar-refractivity contribution in [3.63, 3.8) is 0 Å². The van der Waals surface area contributed by atoms with Gasteiger partial charge in [-0.2, -0.15) is 0 Å². The number of hydrogen-bond donors (Lipinski definition) is 2. The highest BCUT2D eigenvalue weighted by atomic mass is 35.5. The topological polar surface area (TPSA) is 112 Å². The van der Waals surface area contributed by atoms with Crippen LogP contribution in [0.15, 0.2) is 65.6 Å². The van der Waals surface area contributed by atoms with Gasteiger partial charge in [-0.3, -0.25) is 9.52 Å². The summed E-state index contributed by atoms with van der Waals surface area (Å²) in [6.45, 7) is 0.586. The molecule has 0 unspecified atom stereocenters. The van der Waals surface area contributed by atoms with Crippen molar-refractivity contribution in [1.82, 2.24) is 0 Å². The number of halogens is 1. The quantitative estimate of drug-likeness (QED) is 0.478. The van der Waals surface area contributed by atoms with Gasteiger partial charge in [0, 0.05) is 17.4 Å². The Bertz CT molecular complexity index is 1300. The minimum Gasteiger partial charge on any atom is -0.497 e. The SMILES string of the molecule is COc1ccc(NS(=O)(=O)c2ccc(OCC(=O)Nc3ccc4c(c3)OCCO4)c(Cl)c2)cc1. The monoisotopic (exact) mass is 504 g/mol. The molecule has 0 saturated carbocycles. The summed E-state index contributed by atoms with van der Waals surface area (Å²) in [4.78, 5) is 12.2. The molecular weight excluding hydrogens is 484 g/mol. The molecule has 9 nitrogen and oxygen atoms in total. The zero-order valence-corrected chi connectivity index (χ0v) is 19.6. The molecule has 0 fully saturated rings. The smallest absolute Gasteiger partial charge is 0.262 e. The second-order valence-electron chi connectivity index (χ2n) is 7.12. The maximum absolute atomic E-state index is 12.7. The Morgan fingerprint density at radius 2 is 1.68 bits per heavy atom. The maximum Gasteiger partial charge on any atom is 0.262 e. The lowest BCUT2D eigenvalue weighted by Gasteiger charge is -2.19. The van der Waals surface area contributed by atoms with Crippen molar-refractivity contribution in [3.8, 4) is 23.0 Å². The Balaban J connectivity index is 1.36. The molecule has 0 aliphatic carbocycles. The van der Waals surface area contributed by atoms with Crippen molar-refractivity contribution in [3.05, 3.63) is 65.7 Å². The van der Waals surface area contributed by atoms with E-state index in [1.807, 2.05) is 0 Å². The number of benzene rings is 3. The molecule has 0 saturated heterocycles. The third-order valence-corrected chi connectivity index (χ3v) is 6.41. The lowest BCUT2D eigenvalue weighted by atomic mass is 10.2. The molecule has 3 aromatic carbocycles. The minimum absolute atomic E-state index is 0.0461. The van der Waals surface area contributed by atoms with Crippen LogP contribution in [-0.4, -0.2) is 41.3 Å². The molecule has 34 heavy (non-hydrogen) atoms. The average molecular weight is 505 g/mol. The number of amides is 1. The van der Waals surface area contributed by atoms with Gasteiger partial charge in [0.2, 0.25) is 0 Å². The van der Waals surface area contributed by atoms with Crippen molar-refractivity contribution >= 4 is 38.9 Å². The van der Waals surface area contributed by atoms with E-state index in [-0.39, 0.29) is 22.3 Å². The second-order valence-corrected chi connectivity index (χ2v) is 9.21. The van der Waals surface area contributed by atoms with Crippen molar-refractivity contribution in [1.29, 1.82) is 0 Å². The number of sulfonamides is 1. The molecule has 1 aliphatic rings. The first-order valence-corrected chi connectivity index (χ1v) is 12.0. The van der Waals surface area contributed by atoms with Crippen LogP contribution in [-0.2, 0) is 14.8 Å². The van der Waals surface area contributed by atoms with Gasteiger partial charge in [-0.05, 0) is 54.6 Å². The number of methoxy groups -OCH3 is 1. The van der Waals surface area contributed by atoms with Crippen molar-refractivity contribution < 1.29 is 32.2 Å². The number of fused-ring (bicyclic) bond motifs is 1. The number of carbonyl (C=O) groups excluding carboxylic acids is 1. The third-order valence-electron chi connectivity index (χ3n) is 4.74. The Labute approximate surface area is 201 Å². The lowest BCUT2D eigenvalue weighted by molar-refractivity contribution is -0.118. The van der Waals surface area contributed by atoms with Gasteiger partial charge in [0.25, 0.3) is 15.9 Å². The van der Waals surface area contributed by atoms with Gasteiger partial charge in [0.05, 0.1) is 17.0 Å². The summed E-state index contributed by atoms with van der Waals surface area (Å²) in [5, 5.41) is 2.74. The second kappa shape index (κ2) is 10.1. The first-order valence-electron chi connectivity index (χ1n) is 10.1. The fourth-order valence-electron chi connectivity index (χ4n) is 3.10. The van der Waals surface area contributed by atoms with E-state index >= 15 is 0 Å².